The highest BCUT2D eigenvalue weighted by atomic mass is 35.5. The third-order valence-electron chi connectivity index (χ3n) is 3.31. The van der Waals surface area contributed by atoms with Crippen LogP contribution in [0.2, 0.25) is 10.0 Å². The van der Waals surface area contributed by atoms with E-state index in [0.717, 1.165) is 23.1 Å². The van der Waals surface area contributed by atoms with Gasteiger partial charge in [0.15, 0.2) is 4.21 Å². The quantitative estimate of drug-likeness (QED) is 0.402. The van der Waals surface area contributed by atoms with Crippen molar-refractivity contribution in [1.29, 1.82) is 0 Å². The van der Waals surface area contributed by atoms with Crippen molar-refractivity contribution in [2.24, 2.45) is 0 Å². The first-order valence-corrected chi connectivity index (χ1v) is 9.86. The maximum absolute atomic E-state index is 12.5. The van der Waals surface area contributed by atoms with Crippen LogP contribution in [0, 0.1) is 10.1 Å². The number of nitro groups is 1. The van der Waals surface area contributed by atoms with Crippen LogP contribution in [0.4, 0.5) is 11.5 Å². The van der Waals surface area contributed by atoms with Gasteiger partial charge in [-0.05, 0) is 22.0 Å². The maximum Gasteiger partial charge on any atom is 0.389 e. The van der Waals surface area contributed by atoms with Gasteiger partial charge in [-0.2, -0.15) is 0 Å². The van der Waals surface area contributed by atoms with Crippen molar-refractivity contribution in [2.45, 2.75) is 9.10 Å². The van der Waals surface area contributed by atoms with E-state index in [1.54, 1.807) is 24.3 Å². The van der Waals surface area contributed by atoms with E-state index in [-0.39, 0.29) is 19.3 Å². The number of aromatic nitrogens is 2. The summed E-state index contributed by atoms with van der Waals surface area (Å²) in [5.41, 5.74) is 0.419. The Bertz CT molecular complexity index is 1040. The summed E-state index contributed by atoms with van der Waals surface area (Å²) in [7, 11) is 1.47. The molecule has 0 saturated carbocycles. The summed E-state index contributed by atoms with van der Waals surface area (Å²) in [6.45, 7) is 0. The van der Waals surface area contributed by atoms with E-state index in [4.69, 9.17) is 27.9 Å². The number of anilines is 1. The van der Waals surface area contributed by atoms with Gasteiger partial charge in [0.1, 0.15) is 5.75 Å². The number of halogens is 2. The van der Waals surface area contributed by atoms with E-state index in [9.17, 15) is 14.9 Å². The van der Waals surface area contributed by atoms with Crippen molar-refractivity contribution in [1.82, 2.24) is 9.97 Å². The summed E-state index contributed by atoms with van der Waals surface area (Å²) in [4.78, 5) is 31.4. The van der Waals surface area contributed by atoms with Gasteiger partial charge in [0, 0.05) is 12.4 Å². The SMILES string of the molecule is COc1ccccc1NC(=O)c1nc([N+](=O)[O-])c(Sc2c(Cl)cncc2Cl)s1. The number of hydrogen-bond donors (Lipinski definition) is 1. The fraction of sp³-hybridized carbons (Fsp3) is 0.0625. The molecular formula is C16H10Cl2N4O4S2. The molecule has 0 fully saturated rings. The second-order valence-electron chi connectivity index (χ2n) is 5.08. The van der Waals surface area contributed by atoms with E-state index in [1.807, 2.05) is 0 Å². The maximum atomic E-state index is 12.5. The summed E-state index contributed by atoms with van der Waals surface area (Å²) in [6, 6.07) is 6.79. The first kappa shape index (κ1) is 20.3. The van der Waals surface area contributed by atoms with E-state index in [0.29, 0.717) is 16.3 Å². The van der Waals surface area contributed by atoms with Gasteiger partial charge in [-0.15, -0.1) is 0 Å². The van der Waals surface area contributed by atoms with Gasteiger partial charge in [0.25, 0.3) is 5.01 Å². The fourth-order valence-electron chi connectivity index (χ4n) is 2.09. The molecule has 0 aliphatic carbocycles. The Morgan fingerprint density at radius 1 is 1.29 bits per heavy atom. The molecule has 12 heteroatoms. The summed E-state index contributed by atoms with van der Waals surface area (Å²) >= 11 is 14.0. The Labute approximate surface area is 177 Å². The number of carbonyl (C=O) groups is 1. The number of thiazole rings is 1. The summed E-state index contributed by atoms with van der Waals surface area (Å²) < 4.78 is 5.35. The fourth-order valence-corrected chi connectivity index (χ4v) is 4.70. The molecule has 3 rings (SSSR count). The van der Waals surface area contributed by atoms with Gasteiger partial charge in [0.2, 0.25) is 0 Å². The smallest absolute Gasteiger partial charge is 0.389 e. The first-order valence-electron chi connectivity index (χ1n) is 7.47. The zero-order chi connectivity index (χ0) is 20.3. The van der Waals surface area contributed by atoms with Crippen LogP contribution in [0.5, 0.6) is 5.75 Å². The molecule has 0 aliphatic rings. The number of ether oxygens (including phenoxy) is 1. The van der Waals surface area contributed by atoms with Crippen LogP contribution >= 0.6 is 46.3 Å². The summed E-state index contributed by atoms with van der Waals surface area (Å²) in [5, 5.41) is 14.4. The van der Waals surface area contributed by atoms with Gasteiger partial charge < -0.3 is 20.2 Å². The molecule has 3 aromatic rings. The highest BCUT2D eigenvalue weighted by molar-refractivity contribution is 8.01. The van der Waals surface area contributed by atoms with Crippen LogP contribution in [0.3, 0.4) is 0 Å². The molecule has 0 unspecified atom stereocenters. The molecule has 0 bridgehead atoms. The number of benzene rings is 1. The third kappa shape index (κ3) is 4.36. The Morgan fingerprint density at radius 2 is 1.96 bits per heavy atom. The normalized spacial score (nSPS) is 10.5. The molecule has 0 saturated heterocycles. The van der Waals surface area contributed by atoms with E-state index in [2.05, 4.69) is 15.3 Å². The Morgan fingerprint density at radius 3 is 2.61 bits per heavy atom. The minimum absolute atomic E-state index is 0.0820. The zero-order valence-corrected chi connectivity index (χ0v) is 17.2. The van der Waals surface area contributed by atoms with Crippen LogP contribution in [0.1, 0.15) is 9.80 Å². The predicted octanol–water partition coefficient (Wildman–Crippen LogP) is 5.17. The number of amides is 1. The largest absolute Gasteiger partial charge is 0.495 e. The van der Waals surface area contributed by atoms with Crippen molar-refractivity contribution in [3.8, 4) is 5.75 Å². The van der Waals surface area contributed by atoms with Gasteiger partial charge in [-0.3, -0.25) is 9.78 Å². The number of hydrogen-bond acceptors (Lipinski definition) is 8. The Balaban J connectivity index is 1.92. The van der Waals surface area contributed by atoms with Crippen LogP contribution in [0.15, 0.2) is 45.8 Å². The van der Waals surface area contributed by atoms with Gasteiger partial charge >= 0.3 is 11.7 Å². The second-order valence-corrected chi connectivity index (χ2v) is 8.17. The van der Waals surface area contributed by atoms with E-state index in [1.165, 1.54) is 19.5 Å². The van der Waals surface area contributed by atoms with Crippen molar-refractivity contribution in [3.05, 3.63) is 61.8 Å². The van der Waals surface area contributed by atoms with Crippen molar-refractivity contribution >= 4 is 63.7 Å². The molecular weight excluding hydrogens is 447 g/mol. The van der Waals surface area contributed by atoms with Crippen molar-refractivity contribution in [3.63, 3.8) is 0 Å². The first-order chi connectivity index (χ1) is 13.4. The minimum Gasteiger partial charge on any atom is -0.495 e. The van der Waals surface area contributed by atoms with Crippen LogP contribution in [-0.4, -0.2) is 27.9 Å². The van der Waals surface area contributed by atoms with Crippen molar-refractivity contribution in [2.75, 3.05) is 12.4 Å². The highest BCUT2D eigenvalue weighted by Crippen LogP contribution is 2.44. The van der Waals surface area contributed by atoms with Gasteiger partial charge in [-0.1, -0.05) is 58.4 Å². The molecule has 1 N–H and O–H groups in total. The molecule has 2 aromatic heterocycles. The molecule has 28 heavy (non-hydrogen) atoms. The molecule has 0 radical (unpaired) electrons. The average Bonchev–Trinajstić information content (AvgIpc) is 3.10. The number of carbonyl (C=O) groups excluding carboxylic acids is 1. The zero-order valence-electron chi connectivity index (χ0n) is 14.0. The predicted molar refractivity (Wildman–Crippen MR) is 108 cm³/mol. The molecule has 0 atom stereocenters. The number of methoxy groups -OCH3 is 1. The molecule has 8 nitrogen and oxygen atoms in total. The molecule has 144 valence electrons. The van der Waals surface area contributed by atoms with E-state index < -0.39 is 16.6 Å². The van der Waals surface area contributed by atoms with Crippen LogP contribution < -0.4 is 10.1 Å². The third-order valence-corrected chi connectivity index (χ3v) is 6.45. The summed E-state index contributed by atoms with van der Waals surface area (Å²) in [5.74, 6) is -0.604. The van der Waals surface area contributed by atoms with Crippen LogP contribution in [-0.2, 0) is 0 Å². The number of nitrogens with zero attached hydrogens (tertiary/aromatic N) is 3. The number of nitrogens with one attached hydrogen (secondary N) is 1. The lowest BCUT2D eigenvalue weighted by Gasteiger charge is -2.07. The lowest BCUT2D eigenvalue weighted by atomic mass is 10.3. The van der Waals surface area contributed by atoms with Crippen LogP contribution in [0.25, 0.3) is 0 Å². The molecule has 1 amide bonds. The molecule has 1 aromatic carbocycles. The lowest BCUT2D eigenvalue weighted by Crippen LogP contribution is -2.12. The standard InChI is InChI=1S/C16H10Cl2N4O4S2/c1-26-11-5-3-2-4-10(11)20-14(23)15-21-13(22(24)25)16(28-15)27-12-8(17)6-19-7-9(12)18/h2-7H,1H3,(H,20,23). The molecule has 2 heterocycles. The Kier molecular flexibility index (Phi) is 6.35. The lowest BCUT2D eigenvalue weighted by molar-refractivity contribution is -0.391. The van der Waals surface area contributed by atoms with E-state index >= 15 is 0 Å². The number of para-hydroxylation sites is 2. The average molecular weight is 457 g/mol. The van der Waals surface area contributed by atoms with Crippen molar-refractivity contribution < 1.29 is 14.5 Å². The molecule has 0 spiro atoms. The van der Waals surface area contributed by atoms with Gasteiger partial charge in [0.05, 0.1) is 27.7 Å². The topological polar surface area (TPSA) is 107 Å². The monoisotopic (exact) mass is 456 g/mol. The highest BCUT2D eigenvalue weighted by Gasteiger charge is 2.29. The number of rotatable bonds is 6. The number of pyridine rings is 1. The Hall–Kier alpha value is -2.40. The summed E-state index contributed by atoms with van der Waals surface area (Å²) in [6.07, 6.45) is 2.75. The van der Waals surface area contributed by atoms with Gasteiger partial charge in [-0.25, -0.2) is 0 Å². The second kappa shape index (κ2) is 8.74. The molecule has 0 aliphatic heterocycles. The minimum atomic E-state index is -0.665.